The summed E-state index contributed by atoms with van der Waals surface area (Å²) in [6.07, 6.45) is 0.424. The molecule has 0 saturated carbocycles. The van der Waals surface area contributed by atoms with E-state index in [0.29, 0.717) is 6.42 Å². The molecule has 17 heavy (non-hydrogen) atoms. The second kappa shape index (κ2) is 4.83. The lowest BCUT2D eigenvalue weighted by molar-refractivity contribution is 0.0682. The van der Waals surface area contributed by atoms with Crippen LogP contribution in [0.2, 0.25) is 0 Å². The first kappa shape index (κ1) is 13.0. The number of carboxylic acids is 1. The van der Waals surface area contributed by atoms with Gasteiger partial charge in [0, 0.05) is 12.6 Å². The van der Waals surface area contributed by atoms with Gasteiger partial charge in [0.25, 0.3) is 5.56 Å². The molecular weight excluding hydrogens is 220 g/mol. The number of hydrogen-bond donors (Lipinski definition) is 1. The van der Waals surface area contributed by atoms with E-state index in [1.165, 1.54) is 22.8 Å². The van der Waals surface area contributed by atoms with Crippen LogP contribution in [0.4, 0.5) is 0 Å². The molecule has 0 atom stereocenters. The van der Waals surface area contributed by atoms with Crippen LogP contribution >= 0.6 is 0 Å². The Morgan fingerprint density at radius 2 is 2.18 bits per heavy atom. The summed E-state index contributed by atoms with van der Waals surface area (Å²) >= 11 is 0. The Bertz CT molecular complexity index is 523. The first-order valence-corrected chi connectivity index (χ1v) is 5.22. The standard InChI is InChI=1S/C12H14N2O3/c1-12(2,8-13)6-7-14-9(11(16)17)4-3-5-10(14)15/h3-5H,6-7H2,1-2H3,(H,16,17). The van der Waals surface area contributed by atoms with Gasteiger partial charge in [-0.2, -0.15) is 5.26 Å². The zero-order valence-electron chi connectivity index (χ0n) is 9.80. The van der Waals surface area contributed by atoms with Gasteiger partial charge in [0.1, 0.15) is 5.69 Å². The van der Waals surface area contributed by atoms with E-state index in [2.05, 4.69) is 6.07 Å². The summed E-state index contributed by atoms with van der Waals surface area (Å²) in [6.45, 7) is 3.73. The van der Waals surface area contributed by atoms with Crippen molar-refractivity contribution in [2.45, 2.75) is 26.8 Å². The molecule has 0 saturated heterocycles. The fraction of sp³-hybridized carbons (Fsp3) is 0.417. The normalized spacial score (nSPS) is 10.9. The number of carbonyl (C=O) groups is 1. The molecule has 0 aliphatic carbocycles. The largest absolute Gasteiger partial charge is 0.477 e. The maximum atomic E-state index is 11.6. The van der Waals surface area contributed by atoms with Gasteiger partial charge >= 0.3 is 5.97 Å². The van der Waals surface area contributed by atoms with E-state index < -0.39 is 11.4 Å². The summed E-state index contributed by atoms with van der Waals surface area (Å²) in [6, 6.07) is 6.22. The molecular formula is C12H14N2O3. The topological polar surface area (TPSA) is 83.1 Å². The Morgan fingerprint density at radius 3 is 2.71 bits per heavy atom. The van der Waals surface area contributed by atoms with E-state index in [0.717, 1.165) is 0 Å². The smallest absolute Gasteiger partial charge is 0.352 e. The van der Waals surface area contributed by atoms with Crippen LogP contribution in [-0.2, 0) is 6.54 Å². The van der Waals surface area contributed by atoms with Crippen molar-refractivity contribution in [3.05, 3.63) is 34.2 Å². The SMILES string of the molecule is CC(C)(C#N)CCn1c(C(=O)O)cccc1=O. The molecule has 0 bridgehead atoms. The van der Waals surface area contributed by atoms with Crippen LogP contribution in [0, 0.1) is 16.7 Å². The van der Waals surface area contributed by atoms with E-state index >= 15 is 0 Å². The Morgan fingerprint density at radius 1 is 1.53 bits per heavy atom. The minimum absolute atomic E-state index is 0.0498. The van der Waals surface area contributed by atoms with Crippen molar-refractivity contribution in [1.82, 2.24) is 4.57 Å². The highest BCUT2D eigenvalue weighted by Crippen LogP contribution is 2.19. The summed E-state index contributed by atoms with van der Waals surface area (Å²) < 4.78 is 1.18. The van der Waals surface area contributed by atoms with Crippen LogP contribution in [0.5, 0.6) is 0 Å². The van der Waals surface area contributed by atoms with Crippen molar-refractivity contribution in [3.8, 4) is 6.07 Å². The quantitative estimate of drug-likeness (QED) is 0.855. The molecule has 1 N–H and O–H groups in total. The number of carboxylic acid groups (broad SMARTS) is 1. The van der Waals surface area contributed by atoms with Gasteiger partial charge in [-0.25, -0.2) is 4.79 Å². The van der Waals surface area contributed by atoms with Crippen molar-refractivity contribution in [1.29, 1.82) is 5.26 Å². The summed E-state index contributed by atoms with van der Waals surface area (Å²) in [4.78, 5) is 22.5. The summed E-state index contributed by atoms with van der Waals surface area (Å²) in [5, 5.41) is 17.8. The Hall–Kier alpha value is -2.09. The lowest BCUT2D eigenvalue weighted by Gasteiger charge is -2.16. The van der Waals surface area contributed by atoms with Gasteiger partial charge in [0.05, 0.1) is 11.5 Å². The van der Waals surface area contributed by atoms with Gasteiger partial charge in [-0.05, 0) is 26.3 Å². The monoisotopic (exact) mass is 234 g/mol. The molecule has 1 aromatic heterocycles. The number of nitrogens with zero attached hydrogens (tertiary/aromatic N) is 2. The Balaban J connectivity index is 3.03. The van der Waals surface area contributed by atoms with E-state index in [1.807, 2.05) is 0 Å². The van der Waals surface area contributed by atoms with Gasteiger partial charge in [-0.3, -0.25) is 4.79 Å². The minimum atomic E-state index is -1.14. The van der Waals surface area contributed by atoms with Gasteiger partial charge in [0.2, 0.25) is 0 Å². The lowest BCUT2D eigenvalue weighted by Crippen LogP contribution is -2.27. The number of pyridine rings is 1. The predicted molar refractivity (Wildman–Crippen MR) is 61.7 cm³/mol. The van der Waals surface area contributed by atoms with E-state index in [-0.39, 0.29) is 17.8 Å². The van der Waals surface area contributed by atoms with Crippen molar-refractivity contribution in [3.63, 3.8) is 0 Å². The van der Waals surface area contributed by atoms with E-state index in [4.69, 9.17) is 10.4 Å². The molecule has 0 fully saturated rings. The molecule has 0 radical (unpaired) electrons. The summed E-state index contributed by atoms with van der Waals surface area (Å²) in [7, 11) is 0. The number of nitriles is 1. The number of aromatic nitrogens is 1. The van der Waals surface area contributed by atoms with Gasteiger partial charge in [-0.15, -0.1) is 0 Å². The van der Waals surface area contributed by atoms with Gasteiger partial charge in [-0.1, -0.05) is 6.07 Å². The van der Waals surface area contributed by atoms with Crippen molar-refractivity contribution in [2.24, 2.45) is 5.41 Å². The average molecular weight is 234 g/mol. The molecule has 0 aromatic carbocycles. The molecule has 0 spiro atoms. The second-order valence-corrected chi connectivity index (χ2v) is 4.45. The van der Waals surface area contributed by atoms with Gasteiger partial charge in [0.15, 0.2) is 0 Å². The number of rotatable bonds is 4. The molecule has 1 rings (SSSR count). The molecule has 1 aromatic rings. The van der Waals surface area contributed by atoms with Crippen LogP contribution in [0.15, 0.2) is 23.0 Å². The zero-order valence-corrected chi connectivity index (χ0v) is 9.80. The number of aromatic carboxylic acids is 1. The fourth-order valence-electron chi connectivity index (χ4n) is 1.38. The van der Waals surface area contributed by atoms with E-state index in [9.17, 15) is 9.59 Å². The highest BCUT2D eigenvalue weighted by Gasteiger charge is 2.18. The molecule has 0 aliphatic rings. The third-order valence-electron chi connectivity index (χ3n) is 2.53. The Kier molecular flexibility index (Phi) is 3.69. The molecule has 0 aliphatic heterocycles. The van der Waals surface area contributed by atoms with Crippen molar-refractivity contribution < 1.29 is 9.90 Å². The third-order valence-corrected chi connectivity index (χ3v) is 2.53. The average Bonchev–Trinajstić information content (AvgIpc) is 2.27. The van der Waals surface area contributed by atoms with Crippen LogP contribution < -0.4 is 5.56 Å². The minimum Gasteiger partial charge on any atom is -0.477 e. The molecule has 1 heterocycles. The summed E-state index contributed by atoms with van der Waals surface area (Å²) in [5.41, 5.74) is -0.990. The maximum absolute atomic E-state index is 11.6. The molecule has 5 nitrogen and oxygen atoms in total. The van der Waals surface area contributed by atoms with Crippen LogP contribution in [0.1, 0.15) is 30.8 Å². The fourth-order valence-corrected chi connectivity index (χ4v) is 1.38. The Labute approximate surface area is 98.9 Å². The van der Waals surface area contributed by atoms with E-state index in [1.54, 1.807) is 13.8 Å². The highest BCUT2D eigenvalue weighted by molar-refractivity contribution is 5.85. The van der Waals surface area contributed by atoms with Gasteiger partial charge < -0.3 is 9.67 Å². The molecule has 0 unspecified atom stereocenters. The lowest BCUT2D eigenvalue weighted by atomic mass is 9.91. The van der Waals surface area contributed by atoms with Crippen LogP contribution in [-0.4, -0.2) is 15.6 Å². The second-order valence-electron chi connectivity index (χ2n) is 4.45. The zero-order chi connectivity index (χ0) is 13.1. The first-order chi connectivity index (χ1) is 7.87. The van der Waals surface area contributed by atoms with Crippen molar-refractivity contribution in [2.75, 3.05) is 0 Å². The van der Waals surface area contributed by atoms with Crippen molar-refractivity contribution >= 4 is 5.97 Å². The maximum Gasteiger partial charge on any atom is 0.352 e. The third kappa shape index (κ3) is 3.18. The summed E-state index contributed by atoms with van der Waals surface area (Å²) in [5.74, 6) is -1.14. The predicted octanol–water partition coefficient (Wildman–Crippen LogP) is 1.49. The first-order valence-electron chi connectivity index (χ1n) is 5.22. The van der Waals surface area contributed by atoms with Crippen LogP contribution in [0.3, 0.4) is 0 Å². The number of hydrogen-bond acceptors (Lipinski definition) is 3. The molecule has 90 valence electrons. The molecule has 5 heteroatoms. The molecule has 0 amide bonds. The van der Waals surface area contributed by atoms with Crippen LogP contribution in [0.25, 0.3) is 0 Å². The highest BCUT2D eigenvalue weighted by atomic mass is 16.4.